The third-order valence-corrected chi connectivity index (χ3v) is 5.02. The van der Waals surface area contributed by atoms with Crippen LogP contribution < -0.4 is 5.32 Å². The van der Waals surface area contributed by atoms with Crippen LogP contribution in [0.1, 0.15) is 38.5 Å². The van der Waals surface area contributed by atoms with Gasteiger partial charge in [0, 0.05) is 13.1 Å². The maximum absolute atomic E-state index is 3.69. The zero-order chi connectivity index (χ0) is 10.8. The molecule has 0 aromatic carbocycles. The number of fused-ring (bicyclic) bond motifs is 1. The smallest absolute Gasteiger partial charge is 0.0107 e. The van der Waals surface area contributed by atoms with Gasteiger partial charge < -0.3 is 10.2 Å². The zero-order valence-electron chi connectivity index (χ0n) is 10.5. The van der Waals surface area contributed by atoms with Gasteiger partial charge in [0.15, 0.2) is 0 Å². The van der Waals surface area contributed by atoms with E-state index < -0.39 is 0 Å². The molecule has 1 saturated heterocycles. The molecule has 0 aromatic rings. The number of hydrogen-bond donors (Lipinski definition) is 1. The fraction of sp³-hybridized carbons (Fsp3) is 1.00. The van der Waals surface area contributed by atoms with Crippen molar-refractivity contribution >= 4 is 0 Å². The fourth-order valence-electron chi connectivity index (χ4n) is 3.96. The summed E-state index contributed by atoms with van der Waals surface area (Å²) in [7, 11) is 0. The van der Waals surface area contributed by atoms with E-state index in [4.69, 9.17) is 0 Å². The molecule has 2 atom stereocenters. The molecule has 1 N–H and O–H groups in total. The second-order valence-corrected chi connectivity index (χ2v) is 6.03. The molecule has 3 aliphatic rings. The minimum absolute atomic E-state index is 1.06. The highest BCUT2D eigenvalue weighted by Crippen LogP contribution is 2.54. The summed E-state index contributed by atoms with van der Waals surface area (Å²) in [6.07, 6.45) is 8.92. The molecular weight excluding hydrogens is 196 g/mol. The van der Waals surface area contributed by atoms with E-state index in [2.05, 4.69) is 10.2 Å². The van der Waals surface area contributed by atoms with Gasteiger partial charge in [0.1, 0.15) is 0 Å². The molecule has 16 heavy (non-hydrogen) atoms. The number of hydrogen-bond acceptors (Lipinski definition) is 2. The van der Waals surface area contributed by atoms with Crippen LogP contribution in [-0.4, -0.2) is 37.6 Å². The van der Waals surface area contributed by atoms with Crippen molar-refractivity contribution in [3.63, 3.8) is 0 Å². The van der Waals surface area contributed by atoms with Gasteiger partial charge in [-0.25, -0.2) is 0 Å². The molecule has 92 valence electrons. The summed E-state index contributed by atoms with van der Waals surface area (Å²) in [4.78, 5) is 2.60. The first-order valence-corrected chi connectivity index (χ1v) is 7.38. The monoisotopic (exact) mass is 222 g/mol. The summed E-state index contributed by atoms with van der Waals surface area (Å²) < 4.78 is 0. The van der Waals surface area contributed by atoms with Crippen molar-refractivity contribution < 1.29 is 0 Å². The molecular formula is C14H26N2. The Hall–Kier alpha value is -0.0800. The highest BCUT2D eigenvalue weighted by molar-refractivity contribution is 4.99. The van der Waals surface area contributed by atoms with E-state index in [1.54, 1.807) is 0 Å². The molecule has 0 spiro atoms. The number of nitrogens with one attached hydrogen (secondary N) is 1. The average molecular weight is 222 g/mol. The standard InChI is InChI=1S/C14H26N2/c1-2-6-13-12(5-1)14(13)11-15-7-10-16-8-3-4-9-16/h12-15H,1-11H2. The topological polar surface area (TPSA) is 15.3 Å². The summed E-state index contributed by atoms with van der Waals surface area (Å²) in [5, 5.41) is 3.69. The van der Waals surface area contributed by atoms with Gasteiger partial charge in [-0.15, -0.1) is 0 Å². The van der Waals surface area contributed by atoms with Crippen molar-refractivity contribution in [3.8, 4) is 0 Å². The van der Waals surface area contributed by atoms with Crippen LogP contribution in [0.15, 0.2) is 0 Å². The highest BCUT2D eigenvalue weighted by Gasteiger charge is 2.49. The molecule has 1 heterocycles. The van der Waals surface area contributed by atoms with E-state index in [0.717, 1.165) is 17.8 Å². The van der Waals surface area contributed by atoms with Crippen LogP contribution in [0.5, 0.6) is 0 Å². The molecule has 0 bridgehead atoms. The molecule has 2 saturated carbocycles. The molecule has 2 heteroatoms. The van der Waals surface area contributed by atoms with Crippen LogP contribution in [0.2, 0.25) is 0 Å². The SMILES string of the molecule is C1CCC2C(C1)C2CNCCN1CCCC1. The normalized spacial score (nSPS) is 38.6. The van der Waals surface area contributed by atoms with Crippen molar-refractivity contribution in [1.29, 1.82) is 0 Å². The van der Waals surface area contributed by atoms with Crippen LogP contribution in [0.3, 0.4) is 0 Å². The molecule has 1 aliphatic heterocycles. The summed E-state index contributed by atoms with van der Waals surface area (Å²) in [5.41, 5.74) is 0. The Morgan fingerprint density at radius 1 is 0.938 bits per heavy atom. The largest absolute Gasteiger partial charge is 0.315 e. The van der Waals surface area contributed by atoms with E-state index >= 15 is 0 Å². The Bertz CT molecular complexity index is 211. The van der Waals surface area contributed by atoms with E-state index in [-0.39, 0.29) is 0 Å². The predicted molar refractivity (Wildman–Crippen MR) is 67.5 cm³/mol. The van der Waals surface area contributed by atoms with Crippen molar-refractivity contribution in [2.24, 2.45) is 17.8 Å². The first-order chi connectivity index (χ1) is 7.95. The molecule has 0 aromatic heterocycles. The summed E-state index contributed by atoms with van der Waals surface area (Å²) in [6.45, 7) is 6.49. The van der Waals surface area contributed by atoms with Crippen molar-refractivity contribution in [1.82, 2.24) is 10.2 Å². The number of rotatable bonds is 5. The third kappa shape index (κ3) is 2.43. The Morgan fingerprint density at radius 3 is 2.31 bits per heavy atom. The molecule has 3 rings (SSSR count). The lowest BCUT2D eigenvalue weighted by atomic mass is 10.0. The Kier molecular flexibility index (Phi) is 3.49. The molecule has 0 radical (unpaired) electrons. The van der Waals surface area contributed by atoms with E-state index in [1.165, 1.54) is 71.2 Å². The molecule has 2 aliphatic carbocycles. The maximum atomic E-state index is 3.69. The van der Waals surface area contributed by atoms with Gasteiger partial charge in [0.2, 0.25) is 0 Å². The van der Waals surface area contributed by atoms with Gasteiger partial charge in [-0.3, -0.25) is 0 Å². The first kappa shape index (κ1) is 11.0. The lowest BCUT2D eigenvalue weighted by molar-refractivity contribution is 0.334. The first-order valence-electron chi connectivity index (χ1n) is 7.38. The second-order valence-electron chi connectivity index (χ2n) is 6.03. The molecule has 3 fully saturated rings. The minimum Gasteiger partial charge on any atom is -0.315 e. The lowest BCUT2D eigenvalue weighted by Gasteiger charge is -2.14. The summed E-state index contributed by atoms with van der Waals surface area (Å²) >= 11 is 0. The van der Waals surface area contributed by atoms with Gasteiger partial charge in [-0.05, 0) is 63.1 Å². The minimum atomic E-state index is 1.06. The van der Waals surface area contributed by atoms with Crippen LogP contribution in [0, 0.1) is 17.8 Å². The molecule has 2 nitrogen and oxygen atoms in total. The van der Waals surface area contributed by atoms with Crippen LogP contribution in [0.25, 0.3) is 0 Å². The van der Waals surface area contributed by atoms with E-state index in [0.29, 0.717) is 0 Å². The number of nitrogens with zero attached hydrogens (tertiary/aromatic N) is 1. The average Bonchev–Trinajstić information content (AvgIpc) is 2.77. The van der Waals surface area contributed by atoms with Crippen LogP contribution in [-0.2, 0) is 0 Å². The molecule has 0 amide bonds. The zero-order valence-corrected chi connectivity index (χ0v) is 10.5. The Morgan fingerprint density at radius 2 is 1.62 bits per heavy atom. The van der Waals surface area contributed by atoms with Gasteiger partial charge in [-0.2, -0.15) is 0 Å². The fourth-order valence-corrected chi connectivity index (χ4v) is 3.96. The van der Waals surface area contributed by atoms with Gasteiger partial charge in [-0.1, -0.05) is 12.8 Å². The van der Waals surface area contributed by atoms with E-state index in [1.807, 2.05) is 0 Å². The summed E-state index contributed by atoms with van der Waals surface area (Å²) in [5.74, 6) is 3.29. The van der Waals surface area contributed by atoms with Gasteiger partial charge in [0.05, 0.1) is 0 Å². The van der Waals surface area contributed by atoms with Gasteiger partial charge >= 0.3 is 0 Å². The van der Waals surface area contributed by atoms with Crippen LogP contribution >= 0.6 is 0 Å². The highest BCUT2D eigenvalue weighted by atomic mass is 15.1. The van der Waals surface area contributed by atoms with E-state index in [9.17, 15) is 0 Å². The van der Waals surface area contributed by atoms with Crippen molar-refractivity contribution in [2.75, 3.05) is 32.7 Å². The van der Waals surface area contributed by atoms with Crippen molar-refractivity contribution in [3.05, 3.63) is 0 Å². The lowest BCUT2D eigenvalue weighted by Crippen LogP contribution is -2.31. The Balaban J connectivity index is 1.27. The van der Waals surface area contributed by atoms with Crippen molar-refractivity contribution in [2.45, 2.75) is 38.5 Å². The molecule has 2 unspecified atom stereocenters. The van der Waals surface area contributed by atoms with Crippen LogP contribution in [0.4, 0.5) is 0 Å². The maximum Gasteiger partial charge on any atom is 0.0107 e. The summed E-state index contributed by atoms with van der Waals surface area (Å²) in [6, 6.07) is 0. The predicted octanol–water partition coefficient (Wildman–Crippen LogP) is 2.11. The second kappa shape index (κ2) is 5.05. The number of likely N-dealkylation sites (tertiary alicyclic amines) is 1. The third-order valence-electron chi connectivity index (χ3n) is 5.02. The van der Waals surface area contributed by atoms with Gasteiger partial charge in [0.25, 0.3) is 0 Å². The quantitative estimate of drug-likeness (QED) is 0.717. The Labute approximate surface area is 99.8 Å².